The maximum Gasteiger partial charge on any atom is 0.410 e. The second-order valence-corrected chi connectivity index (χ2v) is 8.28. The summed E-state index contributed by atoms with van der Waals surface area (Å²) in [7, 11) is 0. The molecule has 1 N–H and O–H groups in total. The zero-order chi connectivity index (χ0) is 21.3. The van der Waals surface area contributed by atoms with E-state index >= 15 is 0 Å². The molecule has 1 fully saturated rings. The normalized spacial score (nSPS) is 22.4. The number of rotatable bonds is 6. The monoisotopic (exact) mass is 407 g/mol. The molecule has 2 aromatic rings. The summed E-state index contributed by atoms with van der Waals surface area (Å²) in [6.07, 6.45) is 2.34. The van der Waals surface area contributed by atoms with Crippen molar-refractivity contribution in [2.75, 3.05) is 13.2 Å². The van der Waals surface area contributed by atoms with E-state index < -0.39 is 17.6 Å². The Labute approximate surface area is 177 Å². The van der Waals surface area contributed by atoms with E-state index in [0.717, 1.165) is 30.4 Å². The highest BCUT2D eigenvalue weighted by molar-refractivity contribution is 5.85. The van der Waals surface area contributed by atoms with Gasteiger partial charge in [-0.25, -0.2) is 9.59 Å². The average molecular weight is 408 g/mol. The SMILES string of the molecule is CCC1CCCC1(C(=O)O)N(CC)C(=O)OCC1c2ccccc2-c2ccccc21. The second-order valence-electron chi connectivity index (χ2n) is 8.28. The van der Waals surface area contributed by atoms with Crippen LogP contribution in [0.2, 0.25) is 0 Å². The van der Waals surface area contributed by atoms with Crippen LogP contribution < -0.4 is 0 Å². The molecule has 1 saturated carbocycles. The number of benzene rings is 2. The molecule has 2 aliphatic carbocycles. The van der Waals surface area contributed by atoms with Gasteiger partial charge in [0.15, 0.2) is 0 Å². The van der Waals surface area contributed by atoms with Gasteiger partial charge in [0.2, 0.25) is 0 Å². The first-order valence-electron chi connectivity index (χ1n) is 10.9. The number of amides is 1. The molecule has 30 heavy (non-hydrogen) atoms. The molecule has 4 rings (SSSR count). The molecule has 5 heteroatoms. The molecule has 158 valence electrons. The summed E-state index contributed by atoms with van der Waals surface area (Å²) < 4.78 is 5.80. The molecule has 1 amide bonds. The van der Waals surface area contributed by atoms with Crippen LogP contribution >= 0.6 is 0 Å². The molecule has 5 nitrogen and oxygen atoms in total. The van der Waals surface area contributed by atoms with Crippen molar-refractivity contribution in [2.45, 2.75) is 51.0 Å². The molecule has 2 aliphatic rings. The predicted molar refractivity (Wildman–Crippen MR) is 115 cm³/mol. The van der Waals surface area contributed by atoms with Crippen LogP contribution in [0.3, 0.4) is 0 Å². The van der Waals surface area contributed by atoms with Gasteiger partial charge in [-0.15, -0.1) is 0 Å². The highest BCUT2D eigenvalue weighted by atomic mass is 16.6. The van der Waals surface area contributed by atoms with Gasteiger partial charge >= 0.3 is 12.1 Å². The molecule has 0 aromatic heterocycles. The smallest absolute Gasteiger partial charge is 0.410 e. The van der Waals surface area contributed by atoms with Crippen LogP contribution in [-0.2, 0) is 9.53 Å². The lowest BCUT2D eigenvalue weighted by molar-refractivity contribution is -0.153. The molecule has 2 aromatic carbocycles. The van der Waals surface area contributed by atoms with Crippen molar-refractivity contribution in [1.82, 2.24) is 4.90 Å². The van der Waals surface area contributed by atoms with Crippen LogP contribution in [0.15, 0.2) is 48.5 Å². The fourth-order valence-electron chi connectivity index (χ4n) is 5.60. The first-order valence-corrected chi connectivity index (χ1v) is 10.9. The van der Waals surface area contributed by atoms with Crippen LogP contribution in [0.4, 0.5) is 4.79 Å². The molecule has 0 spiro atoms. The molecule has 0 heterocycles. The van der Waals surface area contributed by atoms with Gasteiger partial charge in [-0.2, -0.15) is 0 Å². The average Bonchev–Trinajstić information content (AvgIpc) is 3.33. The Bertz CT molecular complexity index is 910. The second kappa shape index (κ2) is 8.13. The minimum absolute atomic E-state index is 0.0358. The zero-order valence-corrected chi connectivity index (χ0v) is 17.6. The zero-order valence-electron chi connectivity index (χ0n) is 17.6. The molecule has 2 atom stereocenters. The summed E-state index contributed by atoms with van der Waals surface area (Å²) >= 11 is 0. The summed E-state index contributed by atoms with van der Waals surface area (Å²) in [6, 6.07) is 16.4. The quantitative estimate of drug-likeness (QED) is 0.706. The van der Waals surface area contributed by atoms with E-state index in [2.05, 4.69) is 24.3 Å². The van der Waals surface area contributed by atoms with Gasteiger partial charge in [-0.1, -0.05) is 68.3 Å². The number of hydrogen-bond acceptors (Lipinski definition) is 3. The minimum Gasteiger partial charge on any atom is -0.479 e. The Balaban J connectivity index is 1.58. The Kier molecular flexibility index (Phi) is 5.54. The predicted octanol–water partition coefficient (Wildman–Crippen LogP) is 5.29. The first kappa shape index (κ1) is 20.5. The topological polar surface area (TPSA) is 66.8 Å². The Morgan fingerprint density at radius 3 is 2.20 bits per heavy atom. The summed E-state index contributed by atoms with van der Waals surface area (Å²) in [6.45, 7) is 4.35. The van der Waals surface area contributed by atoms with E-state index in [0.29, 0.717) is 13.0 Å². The van der Waals surface area contributed by atoms with Crippen molar-refractivity contribution in [1.29, 1.82) is 0 Å². The van der Waals surface area contributed by atoms with E-state index in [-0.39, 0.29) is 18.4 Å². The molecule has 0 aliphatic heterocycles. The molecule has 0 saturated heterocycles. The van der Waals surface area contributed by atoms with E-state index in [1.807, 2.05) is 38.1 Å². The molecular formula is C25H29NO4. The van der Waals surface area contributed by atoms with Gasteiger partial charge in [-0.05, 0) is 47.9 Å². The fraction of sp³-hybridized carbons (Fsp3) is 0.440. The number of aliphatic carboxylic acids is 1. The Hall–Kier alpha value is -2.82. The highest BCUT2D eigenvalue weighted by Gasteiger charge is 2.54. The number of likely N-dealkylation sites (N-methyl/N-ethyl adjacent to an activating group) is 1. The number of fused-ring (bicyclic) bond motifs is 3. The van der Waals surface area contributed by atoms with Crippen LogP contribution in [0.1, 0.15) is 56.6 Å². The largest absolute Gasteiger partial charge is 0.479 e. The summed E-state index contributed by atoms with van der Waals surface area (Å²) in [5.41, 5.74) is 3.48. The number of carbonyl (C=O) groups is 2. The number of hydrogen-bond donors (Lipinski definition) is 1. The van der Waals surface area contributed by atoms with Gasteiger partial charge < -0.3 is 9.84 Å². The van der Waals surface area contributed by atoms with Crippen molar-refractivity contribution in [2.24, 2.45) is 5.92 Å². The highest BCUT2D eigenvalue weighted by Crippen LogP contribution is 2.45. The van der Waals surface area contributed by atoms with Crippen molar-refractivity contribution in [3.05, 3.63) is 59.7 Å². The van der Waals surface area contributed by atoms with E-state index in [4.69, 9.17) is 4.74 Å². The van der Waals surface area contributed by atoms with Crippen LogP contribution in [0, 0.1) is 5.92 Å². The number of carboxylic acid groups (broad SMARTS) is 1. The van der Waals surface area contributed by atoms with Gasteiger partial charge in [0.05, 0.1) is 0 Å². The summed E-state index contributed by atoms with van der Waals surface area (Å²) in [4.78, 5) is 27.0. The maximum absolute atomic E-state index is 13.2. The third kappa shape index (κ3) is 3.08. The van der Waals surface area contributed by atoms with Gasteiger partial charge in [0.1, 0.15) is 12.1 Å². The van der Waals surface area contributed by atoms with Crippen LogP contribution in [0.5, 0.6) is 0 Å². The third-order valence-electron chi connectivity index (χ3n) is 7.00. The lowest BCUT2D eigenvalue weighted by Crippen LogP contribution is -2.59. The van der Waals surface area contributed by atoms with Gasteiger partial charge in [0, 0.05) is 12.5 Å². The molecule has 0 bridgehead atoms. The van der Waals surface area contributed by atoms with Crippen molar-refractivity contribution < 1.29 is 19.4 Å². The van der Waals surface area contributed by atoms with Crippen LogP contribution in [0.25, 0.3) is 11.1 Å². The standard InChI is InChI=1S/C25H29NO4/c1-3-17-10-9-15-25(17,23(27)28)26(4-2)24(29)30-16-22-20-13-7-5-11-18(20)19-12-6-8-14-21(19)22/h5-8,11-14,17,22H,3-4,9-10,15-16H2,1-2H3,(H,27,28). The summed E-state index contributed by atoms with van der Waals surface area (Å²) in [5, 5.41) is 10.1. The third-order valence-corrected chi connectivity index (χ3v) is 7.00. The maximum atomic E-state index is 13.2. The van der Waals surface area contributed by atoms with E-state index in [1.54, 1.807) is 0 Å². The summed E-state index contributed by atoms with van der Waals surface area (Å²) in [5.74, 6) is -0.996. The first-order chi connectivity index (χ1) is 14.5. The molecule has 0 radical (unpaired) electrons. The lowest BCUT2D eigenvalue weighted by Gasteiger charge is -2.40. The van der Waals surface area contributed by atoms with E-state index in [1.165, 1.54) is 16.0 Å². The lowest BCUT2D eigenvalue weighted by atomic mass is 9.83. The Morgan fingerprint density at radius 1 is 1.07 bits per heavy atom. The number of carboxylic acids is 1. The molecule has 2 unspecified atom stereocenters. The number of carbonyl (C=O) groups excluding carboxylic acids is 1. The minimum atomic E-state index is -1.16. The number of nitrogens with zero attached hydrogens (tertiary/aromatic N) is 1. The van der Waals surface area contributed by atoms with Crippen LogP contribution in [-0.4, -0.2) is 40.8 Å². The number of ether oxygens (including phenoxy) is 1. The van der Waals surface area contributed by atoms with Gasteiger partial charge in [-0.3, -0.25) is 4.90 Å². The van der Waals surface area contributed by atoms with E-state index in [9.17, 15) is 14.7 Å². The van der Waals surface area contributed by atoms with Gasteiger partial charge in [0.25, 0.3) is 0 Å². The van der Waals surface area contributed by atoms with Crippen molar-refractivity contribution in [3.63, 3.8) is 0 Å². The Morgan fingerprint density at radius 2 is 1.67 bits per heavy atom. The fourth-order valence-corrected chi connectivity index (χ4v) is 5.60. The van der Waals surface area contributed by atoms with Crippen molar-refractivity contribution >= 4 is 12.1 Å². The van der Waals surface area contributed by atoms with Crippen molar-refractivity contribution in [3.8, 4) is 11.1 Å². The molecular weight excluding hydrogens is 378 g/mol.